The lowest BCUT2D eigenvalue weighted by Gasteiger charge is -2.13. The Bertz CT molecular complexity index is 881. The molecule has 0 aliphatic carbocycles. The van der Waals surface area contributed by atoms with Crippen molar-refractivity contribution in [3.8, 4) is 17.0 Å². The van der Waals surface area contributed by atoms with E-state index in [0.717, 1.165) is 41.4 Å². The highest BCUT2D eigenvalue weighted by Crippen LogP contribution is 2.23. The molecule has 0 saturated carbocycles. The van der Waals surface area contributed by atoms with Gasteiger partial charge in [0.1, 0.15) is 11.6 Å². The van der Waals surface area contributed by atoms with Gasteiger partial charge in [-0.15, -0.1) is 0 Å². The minimum Gasteiger partial charge on any atom is -0.496 e. The van der Waals surface area contributed by atoms with Crippen LogP contribution in [0.15, 0.2) is 60.7 Å². The zero-order valence-corrected chi connectivity index (χ0v) is 16.8. The molecular formula is C23H28N4O. The molecule has 2 N–H and O–H groups in total. The monoisotopic (exact) mass is 376 g/mol. The Morgan fingerprint density at radius 1 is 0.929 bits per heavy atom. The molecule has 0 bridgehead atoms. The van der Waals surface area contributed by atoms with Crippen LogP contribution in [-0.2, 0) is 6.54 Å². The molecule has 3 aromatic rings. The van der Waals surface area contributed by atoms with Crippen LogP contribution in [0, 0.1) is 5.92 Å². The Hall–Kier alpha value is -3.08. The summed E-state index contributed by atoms with van der Waals surface area (Å²) in [6.45, 7) is 5.91. The normalized spacial score (nSPS) is 10.7. The molecule has 0 aliphatic heterocycles. The third kappa shape index (κ3) is 5.46. The number of benzene rings is 2. The van der Waals surface area contributed by atoms with Crippen molar-refractivity contribution in [3.05, 3.63) is 66.2 Å². The highest BCUT2D eigenvalue weighted by molar-refractivity contribution is 5.64. The van der Waals surface area contributed by atoms with E-state index in [4.69, 9.17) is 9.72 Å². The van der Waals surface area contributed by atoms with Crippen LogP contribution in [-0.4, -0.2) is 23.6 Å². The summed E-state index contributed by atoms with van der Waals surface area (Å²) in [5, 5.41) is 6.77. The molecular weight excluding hydrogens is 348 g/mol. The van der Waals surface area contributed by atoms with Gasteiger partial charge >= 0.3 is 0 Å². The van der Waals surface area contributed by atoms with E-state index in [-0.39, 0.29) is 0 Å². The van der Waals surface area contributed by atoms with Crippen molar-refractivity contribution in [3.63, 3.8) is 0 Å². The number of hydrogen-bond donors (Lipinski definition) is 2. The minimum atomic E-state index is 0.591. The van der Waals surface area contributed by atoms with Crippen LogP contribution in [0.25, 0.3) is 11.3 Å². The van der Waals surface area contributed by atoms with Crippen molar-refractivity contribution in [1.82, 2.24) is 9.97 Å². The van der Waals surface area contributed by atoms with E-state index in [1.807, 2.05) is 48.5 Å². The number of hydrogen-bond acceptors (Lipinski definition) is 5. The first-order valence-electron chi connectivity index (χ1n) is 9.70. The summed E-state index contributed by atoms with van der Waals surface area (Å²) in [5.41, 5.74) is 3.02. The van der Waals surface area contributed by atoms with Crippen LogP contribution in [0.4, 0.5) is 11.8 Å². The van der Waals surface area contributed by atoms with Crippen molar-refractivity contribution in [2.24, 2.45) is 5.92 Å². The number of aromatic nitrogens is 2. The van der Waals surface area contributed by atoms with Gasteiger partial charge in [0.25, 0.3) is 0 Å². The SMILES string of the molecule is COc1ccccc1CNc1nc(NCCC(C)C)cc(-c2ccccc2)n1. The van der Waals surface area contributed by atoms with Crippen molar-refractivity contribution < 1.29 is 4.74 Å². The first-order valence-corrected chi connectivity index (χ1v) is 9.70. The fourth-order valence-corrected chi connectivity index (χ4v) is 2.89. The van der Waals surface area contributed by atoms with Crippen LogP contribution in [0.1, 0.15) is 25.8 Å². The molecule has 146 valence electrons. The van der Waals surface area contributed by atoms with E-state index in [2.05, 4.69) is 41.6 Å². The number of para-hydroxylation sites is 1. The highest BCUT2D eigenvalue weighted by Gasteiger charge is 2.08. The van der Waals surface area contributed by atoms with Gasteiger partial charge in [0.2, 0.25) is 5.95 Å². The number of nitrogens with zero attached hydrogens (tertiary/aromatic N) is 2. The average molecular weight is 377 g/mol. The first kappa shape index (κ1) is 19.7. The molecule has 0 atom stereocenters. The molecule has 3 rings (SSSR count). The molecule has 5 nitrogen and oxygen atoms in total. The Labute approximate surface area is 167 Å². The number of ether oxygens (including phenoxy) is 1. The maximum atomic E-state index is 5.43. The number of anilines is 2. The third-order valence-electron chi connectivity index (χ3n) is 4.45. The van der Waals surface area contributed by atoms with Crippen molar-refractivity contribution in [1.29, 1.82) is 0 Å². The molecule has 28 heavy (non-hydrogen) atoms. The van der Waals surface area contributed by atoms with Gasteiger partial charge < -0.3 is 15.4 Å². The van der Waals surface area contributed by atoms with E-state index < -0.39 is 0 Å². The highest BCUT2D eigenvalue weighted by atomic mass is 16.5. The quantitative estimate of drug-likeness (QED) is 0.536. The molecule has 0 spiro atoms. The van der Waals surface area contributed by atoms with Gasteiger partial charge in [0.05, 0.1) is 12.8 Å². The maximum Gasteiger partial charge on any atom is 0.225 e. The maximum absolute atomic E-state index is 5.43. The van der Waals surface area contributed by atoms with Crippen LogP contribution in [0.3, 0.4) is 0 Å². The summed E-state index contributed by atoms with van der Waals surface area (Å²) in [7, 11) is 1.68. The zero-order chi connectivity index (χ0) is 19.8. The Morgan fingerprint density at radius 3 is 2.43 bits per heavy atom. The Morgan fingerprint density at radius 2 is 1.68 bits per heavy atom. The minimum absolute atomic E-state index is 0.591. The largest absolute Gasteiger partial charge is 0.496 e. The molecule has 0 unspecified atom stereocenters. The number of nitrogens with one attached hydrogen (secondary N) is 2. The topological polar surface area (TPSA) is 59.1 Å². The second kappa shape index (κ2) is 9.74. The van der Waals surface area contributed by atoms with E-state index in [9.17, 15) is 0 Å². The van der Waals surface area contributed by atoms with Crippen LogP contribution < -0.4 is 15.4 Å². The molecule has 0 saturated heterocycles. The number of methoxy groups -OCH3 is 1. The molecule has 0 fully saturated rings. The van der Waals surface area contributed by atoms with E-state index in [0.29, 0.717) is 18.4 Å². The molecule has 0 amide bonds. The van der Waals surface area contributed by atoms with Gasteiger partial charge in [-0.2, -0.15) is 4.98 Å². The fraction of sp³-hybridized carbons (Fsp3) is 0.304. The predicted molar refractivity (Wildman–Crippen MR) is 116 cm³/mol. The van der Waals surface area contributed by atoms with Gasteiger partial charge in [-0.1, -0.05) is 62.4 Å². The van der Waals surface area contributed by atoms with E-state index in [1.54, 1.807) is 7.11 Å². The lowest BCUT2D eigenvalue weighted by molar-refractivity contribution is 0.410. The number of rotatable bonds is 9. The third-order valence-corrected chi connectivity index (χ3v) is 4.45. The van der Waals surface area contributed by atoms with Crippen molar-refractivity contribution in [2.75, 3.05) is 24.3 Å². The van der Waals surface area contributed by atoms with Gasteiger partial charge in [-0.25, -0.2) is 4.98 Å². The summed E-state index contributed by atoms with van der Waals surface area (Å²) in [6.07, 6.45) is 1.09. The van der Waals surface area contributed by atoms with Gasteiger partial charge in [-0.05, 0) is 18.4 Å². The van der Waals surface area contributed by atoms with Crippen LogP contribution in [0.5, 0.6) is 5.75 Å². The Kier molecular flexibility index (Phi) is 6.84. The standard InChI is InChI=1S/C23H28N4O/c1-17(2)13-14-24-22-15-20(18-9-5-4-6-10-18)26-23(27-22)25-16-19-11-7-8-12-21(19)28-3/h4-12,15,17H,13-14,16H2,1-3H3,(H2,24,25,26,27). The molecule has 5 heteroatoms. The summed E-state index contributed by atoms with van der Waals surface area (Å²) in [5.74, 6) is 2.92. The molecule has 0 aliphatic rings. The van der Waals surface area contributed by atoms with Crippen LogP contribution >= 0.6 is 0 Å². The second-order valence-corrected chi connectivity index (χ2v) is 7.10. The summed E-state index contributed by atoms with van der Waals surface area (Å²) < 4.78 is 5.43. The Balaban J connectivity index is 1.82. The van der Waals surface area contributed by atoms with Crippen LogP contribution in [0.2, 0.25) is 0 Å². The van der Waals surface area contributed by atoms with Crippen molar-refractivity contribution >= 4 is 11.8 Å². The van der Waals surface area contributed by atoms with E-state index in [1.165, 1.54) is 0 Å². The molecule has 0 radical (unpaired) electrons. The zero-order valence-electron chi connectivity index (χ0n) is 16.8. The van der Waals surface area contributed by atoms with Crippen molar-refractivity contribution in [2.45, 2.75) is 26.8 Å². The first-order chi connectivity index (χ1) is 13.7. The second-order valence-electron chi connectivity index (χ2n) is 7.10. The van der Waals surface area contributed by atoms with Gasteiger partial charge in [-0.3, -0.25) is 0 Å². The molecule has 2 aromatic carbocycles. The van der Waals surface area contributed by atoms with Gasteiger partial charge in [0.15, 0.2) is 0 Å². The lowest BCUT2D eigenvalue weighted by atomic mass is 10.1. The molecule has 1 heterocycles. The smallest absolute Gasteiger partial charge is 0.225 e. The fourth-order valence-electron chi connectivity index (χ4n) is 2.89. The summed E-state index contributed by atoms with van der Waals surface area (Å²) >= 11 is 0. The predicted octanol–water partition coefficient (Wildman–Crippen LogP) is 5.22. The lowest BCUT2D eigenvalue weighted by Crippen LogP contribution is -2.10. The summed E-state index contributed by atoms with van der Waals surface area (Å²) in [4.78, 5) is 9.37. The molecule has 1 aromatic heterocycles. The van der Waals surface area contributed by atoms with E-state index >= 15 is 0 Å². The average Bonchev–Trinajstić information content (AvgIpc) is 2.72. The van der Waals surface area contributed by atoms with Gasteiger partial charge in [0, 0.05) is 30.3 Å². The summed E-state index contributed by atoms with van der Waals surface area (Å²) in [6, 6.07) is 20.1.